The highest BCUT2D eigenvalue weighted by atomic mass is 32.2. The van der Waals surface area contributed by atoms with Crippen LogP contribution in [0.1, 0.15) is 25.6 Å². The molecule has 0 unspecified atom stereocenters. The second-order valence-corrected chi connectivity index (χ2v) is 6.41. The molecule has 1 amide bonds. The molecule has 1 aromatic carbocycles. The molecule has 0 spiro atoms. The molecule has 0 aliphatic carbocycles. The molecule has 7 heteroatoms. The first kappa shape index (κ1) is 18.1. The van der Waals surface area contributed by atoms with E-state index in [1.165, 1.54) is 11.8 Å². The first-order chi connectivity index (χ1) is 11.5. The van der Waals surface area contributed by atoms with Gasteiger partial charge in [0, 0.05) is 24.2 Å². The topological polar surface area (TPSA) is 69.0 Å². The maximum absolute atomic E-state index is 12.1. The Kier molecular flexibility index (Phi) is 6.43. The van der Waals surface area contributed by atoms with Crippen molar-refractivity contribution in [2.45, 2.75) is 31.5 Å². The van der Waals surface area contributed by atoms with Gasteiger partial charge in [0.2, 0.25) is 5.91 Å². The number of nitrogens with zero attached hydrogens (tertiary/aromatic N) is 3. The molecule has 1 heterocycles. The maximum Gasteiger partial charge on any atom is 0.234 e. The maximum atomic E-state index is 12.1. The number of thioether (sulfide) groups is 1. The lowest BCUT2D eigenvalue weighted by molar-refractivity contribution is -0.113. The number of nitrogens with one attached hydrogen (secondary N) is 1. The third kappa shape index (κ3) is 4.61. The Hall–Kier alpha value is -2.28. The zero-order valence-corrected chi connectivity index (χ0v) is 15.0. The zero-order valence-electron chi connectivity index (χ0n) is 14.2. The van der Waals surface area contributed by atoms with E-state index in [4.69, 9.17) is 4.74 Å². The zero-order chi connectivity index (χ0) is 17.5. The monoisotopic (exact) mass is 346 g/mol. The van der Waals surface area contributed by atoms with Gasteiger partial charge >= 0.3 is 0 Å². The highest BCUT2D eigenvalue weighted by molar-refractivity contribution is 7.99. The Labute approximate surface area is 146 Å². The SMILES string of the molecule is C=CCn1c(SCC(=O)Nc2cccc(OC)c2)nnc1C(C)C. The van der Waals surface area contributed by atoms with Crippen LogP contribution in [0.15, 0.2) is 42.1 Å². The van der Waals surface area contributed by atoms with E-state index < -0.39 is 0 Å². The number of allylic oxidation sites excluding steroid dienone is 1. The van der Waals surface area contributed by atoms with Crippen molar-refractivity contribution in [3.63, 3.8) is 0 Å². The fraction of sp³-hybridized carbons (Fsp3) is 0.353. The molecule has 0 aliphatic rings. The smallest absolute Gasteiger partial charge is 0.234 e. The quantitative estimate of drug-likeness (QED) is 0.586. The predicted octanol–water partition coefficient (Wildman–Crippen LogP) is 3.33. The summed E-state index contributed by atoms with van der Waals surface area (Å²) < 4.78 is 7.13. The van der Waals surface area contributed by atoms with Crippen LogP contribution in [0, 0.1) is 0 Å². The molecule has 0 atom stereocenters. The number of carbonyl (C=O) groups excluding carboxylic acids is 1. The minimum atomic E-state index is -0.104. The van der Waals surface area contributed by atoms with Gasteiger partial charge in [-0.05, 0) is 12.1 Å². The first-order valence-electron chi connectivity index (χ1n) is 7.65. The number of anilines is 1. The average Bonchev–Trinajstić information content (AvgIpc) is 2.96. The van der Waals surface area contributed by atoms with Gasteiger partial charge in [0.1, 0.15) is 11.6 Å². The van der Waals surface area contributed by atoms with Gasteiger partial charge in [-0.3, -0.25) is 4.79 Å². The Morgan fingerprint density at radius 1 is 1.46 bits per heavy atom. The molecule has 0 aliphatic heterocycles. The van der Waals surface area contributed by atoms with Crippen LogP contribution in [0.3, 0.4) is 0 Å². The second kappa shape index (κ2) is 8.54. The summed E-state index contributed by atoms with van der Waals surface area (Å²) in [5.74, 6) is 2.01. The van der Waals surface area contributed by atoms with Gasteiger partial charge in [0.25, 0.3) is 0 Å². The third-order valence-corrected chi connectivity index (χ3v) is 4.23. The predicted molar refractivity (Wildman–Crippen MR) is 96.7 cm³/mol. The van der Waals surface area contributed by atoms with Gasteiger partial charge in [-0.1, -0.05) is 37.8 Å². The molecular weight excluding hydrogens is 324 g/mol. The van der Waals surface area contributed by atoms with Gasteiger partial charge in [-0.2, -0.15) is 0 Å². The van der Waals surface area contributed by atoms with Crippen molar-refractivity contribution >= 4 is 23.4 Å². The molecule has 0 saturated carbocycles. The van der Waals surface area contributed by atoms with E-state index >= 15 is 0 Å². The van der Waals surface area contributed by atoms with Crippen LogP contribution >= 0.6 is 11.8 Å². The summed E-state index contributed by atoms with van der Waals surface area (Å²) in [6, 6.07) is 7.26. The normalized spacial score (nSPS) is 10.7. The average molecular weight is 346 g/mol. The lowest BCUT2D eigenvalue weighted by Crippen LogP contribution is -2.15. The van der Waals surface area contributed by atoms with E-state index in [1.54, 1.807) is 19.3 Å². The van der Waals surface area contributed by atoms with Crippen molar-refractivity contribution in [3.05, 3.63) is 42.7 Å². The van der Waals surface area contributed by atoms with Gasteiger partial charge in [0.05, 0.1) is 12.9 Å². The molecule has 0 radical (unpaired) electrons. The highest BCUT2D eigenvalue weighted by Gasteiger charge is 2.15. The summed E-state index contributed by atoms with van der Waals surface area (Å²) in [6.07, 6.45) is 1.80. The minimum absolute atomic E-state index is 0.104. The summed E-state index contributed by atoms with van der Waals surface area (Å²) >= 11 is 1.36. The van der Waals surface area contributed by atoms with E-state index in [0.717, 1.165) is 11.0 Å². The lowest BCUT2D eigenvalue weighted by Gasteiger charge is -2.10. The second-order valence-electron chi connectivity index (χ2n) is 5.46. The largest absolute Gasteiger partial charge is 0.497 e. The van der Waals surface area contributed by atoms with Gasteiger partial charge in [-0.25, -0.2) is 0 Å². The Morgan fingerprint density at radius 2 is 2.25 bits per heavy atom. The van der Waals surface area contributed by atoms with Crippen LogP contribution in [0.2, 0.25) is 0 Å². The van der Waals surface area contributed by atoms with Crippen molar-refractivity contribution in [1.82, 2.24) is 14.8 Å². The van der Waals surface area contributed by atoms with Crippen molar-refractivity contribution in [1.29, 1.82) is 0 Å². The van der Waals surface area contributed by atoms with Gasteiger partial charge in [-0.15, -0.1) is 16.8 Å². The van der Waals surface area contributed by atoms with E-state index in [1.807, 2.05) is 22.8 Å². The lowest BCUT2D eigenvalue weighted by atomic mass is 10.2. The van der Waals surface area contributed by atoms with Crippen molar-refractivity contribution < 1.29 is 9.53 Å². The molecule has 0 fully saturated rings. The van der Waals surface area contributed by atoms with Gasteiger partial charge in [0.15, 0.2) is 5.16 Å². The summed E-state index contributed by atoms with van der Waals surface area (Å²) in [6.45, 7) is 8.52. The summed E-state index contributed by atoms with van der Waals surface area (Å²) in [5.41, 5.74) is 0.704. The fourth-order valence-corrected chi connectivity index (χ4v) is 2.92. The summed E-state index contributed by atoms with van der Waals surface area (Å²) in [4.78, 5) is 12.1. The van der Waals surface area contributed by atoms with Crippen LogP contribution < -0.4 is 10.1 Å². The Balaban J connectivity index is 1.99. The number of hydrogen-bond donors (Lipinski definition) is 1. The van der Waals surface area contributed by atoms with E-state index in [9.17, 15) is 4.79 Å². The highest BCUT2D eigenvalue weighted by Crippen LogP contribution is 2.22. The van der Waals surface area contributed by atoms with Crippen LogP contribution in [0.5, 0.6) is 5.75 Å². The minimum Gasteiger partial charge on any atom is -0.497 e. The van der Waals surface area contributed by atoms with Gasteiger partial charge < -0.3 is 14.6 Å². The van der Waals surface area contributed by atoms with Crippen LogP contribution in [0.25, 0.3) is 0 Å². The molecule has 128 valence electrons. The molecule has 6 nitrogen and oxygen atoms in total. The molecule has 0 saturated heterocycles. The number of ether oxygens (including phenoxy) is 1. The van der Waals surface area contributed by atoms with E-state index in [0.29, 0.717) is 18.0 Å². The third-order valence-electron chi connectivity index (χ3n) is 3.26. The number of hydrogen-bond acceptors (Lipinski definition) is 5. The molecule has 2 rings (SSSR count). The number of methoxy groups -OCH3 is 1. The van der Waals surface area contributed by atoms with Crippen LogP contribution in [0.4, 0.5) is 5.69 Å². The molecule has 24 heavy (non-hydrogen) atoms. The molecular formula is C17H22N4O2S. The van der Waals surface area contributed by atoms with Crippen molar-refractivity contribution in [2.24, 2.45) is 0 Å². The Bertz CT molecular complexity index is 712. The fourth-order valence-electron chi connectivity index (χ4n) is 2.16. The van der Waals surface area contributed by atoms with Crippen LogP contribution in [-0.4, -0.2) is 33.5 Å². The standard InChI is InChI=1S/C17H22N4O2S/c1-5-9-21-16(12(2)3)19-20-17(21)24-11-15(22)18-13-7-6-8-14(10-13)23-4/h5-8,10,12H,1,9,11H2,2-4H3,(H,18,22). The molecule has 0 bridgehead atoms. The Morgan fingerprint density at radius 3 is 2.92 bits per heavy atom. The number of rotatable bonds is 8. The molecule has 1 N–H and O–H groups in total. The number of aromatic nitrogens is 3. The van der Waals surface area contributed by atoms with Crippen LogP contribution in [-0.2, 0) is 11.3 Å². The summed E-state index contributed by atoms with van der Waals surface area (Å²) in [5, 5.41) is 12.0. The number of benzene rings is 1. The van der Waals surface area contributed by atoms with Crippen molar-refractivity contribution in [3.8, 4) is 5.75 Å². The molecule has 1 aromatic heterocycles. The van der Waals surface area contributed by atoms with E-state index in [2.05, 4.69) is 35.9 Å². The van der Waals surface area contributed by atoms with Crippen molar-refractivity contribution in [2.75, 3.05) is 18.2 Å². The number of carbonyl (C=O) groups is 1. The first-order valence-corrected chi connectivity index (χ1v) is 8.64. The molecule has 2 aromatic rings. The van der Waals surface area contributed by atoms with E-state index in [-0.39, 0.29) is 17.6 Å². The number of amides is 1. The summed E-state index contributed by atoms with van der Waals surface area (Å²) in [7, 11) is 1.59.